The Kier molecular flexibility index (Phi) is 11.2. The Hall–Kier alpha value is -0.530. The van der Waals surface area contributed by atoms with E-state index in [1.807, 2.05) is 20.8 Å². The van der Waals surface area contributed by atoms with Gasteiger partial charge in [-0.25, -0.2) is 0 Å². The van der Waals surface area contributed by atoms with Gasteiger partial charge in [-0.15, -0.1) is 0 Å². The lowest BCUT2D eigenvalue weighted by Crippen LogP contribution is -2.33. The average Bonchev–Trinajstić information content (AvgIpc) is 2.74. The normalized spacial score (nSPS) is 23.4. The standard InChI is InChI=1S/C8H17NO.C7H14.C2H6/c1-6(7(10)9-5)8(2,3)4;1-6-4-3-5-7(6)2;1-2/h6H,1-5H3,(H,9,10);6-7H,3-5H2,1-2H3;1-2H3/t;6-,7-;/m.1./s1. The van der Waals surface area contributed by atoms with E-state index in [1.54, 1.807) is 7.05 Å². The number of carbonyl (C=O) groups excluding carboxylic acids is 1. The summed E-state index contributed by atoms with van der Waals surface area (Å²) in [7, 11) is 1.67. The lowest BCUT2D eigenvalue weighted by Gasteiger charge is -2.25. The van der Waals surface area contributed by atoms with Crippen LogP contribution in [-0.2, 0) is 4.79 Å². The van der Waals surface area contributed by atoms with E-state index in [9.17, 15) is 4.79 Å². The molecular weight excluding hydrogens is 234 g/mol. The van der Waals surface area contributed by atoms with Crippen LogP contribution in [0.1, 0.15) is 74.7 Å². The third-order valence-electron chi connectivity index (χ3n) is 4.23. The summed E-state index contributed by atoms with van der Waals surface area (Å²) >= 11 is 0. The summed E-state index contributed by atoms with van der Waals surface area (Å²) < 4.78 is 0. The first kappa shape index (κ1) is 20.8. The highest BCUT2D eigenvalue weighted by Crippen LogP contribution is 2.29. The molecule has 1 fully saturated rings. The molecule has 0 heterocycles. The highest BCUT2D eigenvalue weighted by atomic mass is 16.1. The third-order valence-corrected chi connectivity index (χ3v) is 4.23. The minimum Gasteiger partial charge on any atom is -0.359 e. The van der Waals surface area contributed by atoms with Crippen LogP contribution in [0.15, 0.2) is 0 Å². The van der Waals surface area contributed by atoms with Gasteiger partial charge in [0.15, 0.2) is 0 Å². The summed E-state index contributed by atoms with van der Waals surface area (Å²) in [6.07, 6.45) is 4.42. The van der Waals surface area contributed by atoms with Crippen molar-refractivity contribution in [2.75, 3.05) is 7.05 Å². The van der Waals surface area contributed by atoms with Crippen molar-refractivity contribution < 1.29 is 4.79 Å². The maximum Gasteiger partial charge on any atom is 0.223 e. The lowest BCUT2D eigenvalue weighted by atomic mass is 9.81. The van der Waals surface area contributed by atoms with Crippen LogP contribution in [0.2, 0.25) is 0 Å². The van der Waals surface area contributed by atoms with E-state index in [0.29, 0.717) is 0 Å². The van der Waals surface area contributed by atoms with E-state index in [0.717, 1.165) is 11.8 Å². The second kappa shape index (κ2) is 10.3. The summed E-state index contributed by atoms with van der Waals surface area (Å²) in [5, 5.41) is 2.63. The van der Waals surface area contributed by atoms with Crippen LogP contribution in [0.5, 0.6) is 0 Å². The van der Waals surface area contributed by atoms with E-state index in [-0.39, 0.29) is 17.2 Å². The predicted octanol–water partition coefficient (Wildman–Crippen LogP) is 4.88. The molecular formula is C17H37NO. The highest BCUT2D eigenvalue weighted by Gasteiger charge is 2.25. The second-order valence-electron chi connectivity index (χ2n) is 6.59. The van der Waals surface area contributed by atoms with Crippen molar-refractivity contribution in [3.8, 4) is 0 Å². The van der Waals surface area contributed by atoms with Crippen LogP contribution < -0.4 is 5.32 Å². The molecule has 1 unspecified atom stereocenters. The lowest BCUT2D eigenvalue weighted by molar-refractivity contribution is -0.126. The molecule has 0 aliphatic heterocycles. The number of amides is 1. The highest BCUT2D eigenvalue weighted by molar-refractivity contribution is 5.78. The van der Waals surface area contributed by atoms with Gasteiger partial charge in [-0.2, -0.15) is 0 Å². The Balaban J connectivity index is 0. The van der Waals surface area contributed by atoms with Crippen molar-refractivity contribution in [3.05, 3.63) is 0 Å². The fourth-order valence-electron chi connectivity index (χ4n) is 1.94. The van der Waals surface area contributed by atoms with Crippen LogP contribution >= 0.6 is 0 Å². The zero-order chi connectivity index (χ0) is 15.6. The number of hydrogen-bond donors (Lipinski definition) is 1. The Morgan fingerprint density at radius 2 is 1.47 bits per heavy atom. The van der Waals surface area contributed by atoms with E-state index in [2.05, 4.69) is 39.9 Å². The first-order chi connectivity index (χ1) is 8.70. The van der Waals surface area contributed by atoms with Crippen molar-refractivity contribution in [2.24, 2.45) is 23.2 Å². The van der Waals surface area contributed by atoms with Crippen LogP contribution in [0, 0.1) is 23.2 Å². The van der Waals surface area contributed by atoms with Crippen molar-refractivity contribution in [2.45, 2.75) is 74.7 Å². The molecule has 116 valence electrons. The summed E-state index contributed by atoms with van der Waals surface area (Å²) in [5.41, 5.74) is 0.0695. The van der Waals surface area contributed by atoms with Gasteiger partial charge in [0.1, 0.15) is 0 Å². The first-order valence-electron chi connectivity index (χ1n) is 7.91. The van der Waals surface area contributed by atoms with Crippen LogP contribution in [0.4, 0.5) is 0 Å². The molecule has 0 aromatic heterocycles. The number of hydrogen-bond acceptors (Lipinski definition) is 1. The van der Waals surface area contributed by atoms with Gasteiger partial charge in [0.2, 0.25) is 5.91 Å². The van der Waals surface area contributed by atoms with Gasteiger partial charge in [0.25, 0.3) is 0 Å². The zero-order valence-electron chi connectivity index (χ0n) is 14.8. The molecule has 1 rings (SSSR count). The number of rotatable bonds is 1. The van der Waals surface area contributed by atoms with Gasteiger partial charge in [-0.05, 0) is 17.3 Å². The molecule has 0 radical (unpaired) electrons. The van der Waals surface area contributed by atoms with Gasteiger partial charge in [0.05, 0.1) is 0 Å². The predicted molar refractivity (Wildman–Crippen MR) is 86.2 cm³/mol. The van der Waals surface area contributed by atoms with E-state index >= 15 is 0 Å². The third kappa shape index (κ3) is 9.07. The molecule has 1 aliphatic rings. The summed E-state index contributed by atoms with van der Waals surface area (Å²) in [6, 6.07) is 0. The smallest absolute Gasteiger partial charge is 0.223 e. The summed E-state index contributed by atoms with van der Waals surface area (Å²) in [4.78, 5) is 11.0. The molecule has 1 amide bonds. The minimum atomic E-state index is 0.0695. The molecule has 2 nitrogen and oxygen atoms in total. The van der Waals surface area contributed by atoms with Crippen LogP contribution in [0.3, 0.4) is 0 Å². The second-order valence-corrected chi connectivity index (χ2v) is 6.59. The summed E-state index contributed by atoms with van der Waals surface area (Å²) in [6.45, 7) is 16.8. The fourth-order valence-corrected chi connectivity index (χ4v) is 1.94. The van der Waals surface area contributed by atoms with E-state index < -0.39 is 0 Å². The van der Waals surface area contributed by atoms with Gasteiger partial charge < -0.3 is 5.32 Å². The van der Waals surface area contributed by atoms with Crippen molar-refractivity contribution in [1.29, 1.82) is 0 Å². The van der Waals surface area contributed by atoms with E-state index in [1.165, 1.54) is 19.3 Å². The number of nitrogens with one attached hydrogen (secondary N) is 1. The quantitative estimate of drug-likeness (QED) is 0.723. The van der Waals surface area contributed by atoms with Crippen molar-refractivity contribution in [1.82, 2.24) is 5.32 Å². The maximum absolute atomic E-state index is 11.0. The minimum absolute atomic E-state index is 0.0695. The maximum atomic E-state index is 11.0. The Morgan fingerprint density at radius 1 is 1.11 bits per heavy atom. The molecule has 1 N–H and O–H groups in total. The first-order valence-corrected chi connectivity index (χ1v) is 7.91. The van der Waals surface area contributed by atoms with Crippen molar-refractivity contribution >= 4 is 5.91 Å². The SMILES string of the molecule is CC.CNC(=O)C(C)C(C)(C)C.C[C@@H]1CCC[C@H]1C. The van der Waals surface area contributed by atoms with Crippen molar-refractivity contribution in [3.63, 3.8) is 0 Å². The Morgan fingerprint density at radius 3 is 1.58 bits per heavy atom. The molecule has 1 saturated carbocycles. The van der Waals surface area contributed by atoms with Gasteiger partial charge >= 0.3 is 0 Å². The molecule has 19 heavy (non-hydrogen) atoms. The monoisotopic (exact) mass is 271 g/mol. The average molecular weight is 271 g/mol. The molecule has 2 heteroatoms. The number of carbonyl (C=O) groups is 1. The molecule has 0 saturated heterocycles. The largest absolute Gasteiger partial charge is 0.359 e. The van der Waals surface area contributed by atoms with Gasteiger partial charge in [-0.3, -0.25) is 4.79 Å². The van der Waals surface area contributed by atoms with Gasteiger partial charge in [0, 0.05) is 13.0 Å². The topological polar surface area (TPSA) is 29.1 Å². The fraction of sp³-hybridized carbons (Fsp3) is 0.941. The van der Waals surface area contributed by atoms with E-state index in [4.69, 9.17) is 0 Å². The Bertz CT molecular complexity index is 222. The van der Waals surface area contributed by atoms with Gasteiger partial charge in [-0.1, -0.05) is 74.7 Å². The molecule has 1 aliphatic carbocycles. The molecule has 0 bridgehead atoms. The Labute approximate surface area is 121 Å². The van der Waals surface area contributed by atoms with Crippen LogP contribution in [-0.4, -0.2) is 13.0 Å². The molecule has 0 aromatic rings. The molecule has 3 atom stereocenters. The van der Waals surface area contributed by atoms with Crippen LogP contribution in [0.25, 0.3) is 0 Å². The molecule has 0 spiro atoms. The zero-order valence-corrected chi connectivity index (χ0v) is 14.8. The molecule has 0 aromatic carbocycles. The summed E-state index contributed by atoms with van der Waals surface area (Å²) in [5.74, 6) is 2.23.